The maximum Gasteiger partial charge on any atom is 0.303 e. The van der Waals surface area contributed by atoms with E-state index in [1.807, 2.05) is 12.1 Å². The number of methoxy groups -OCH3 is 1. The molecule has 5 atom stereocenters. The van der Waals surface area contributed by atoms with Crippen molar-refractivity contribution in [2.45, 2.75) is 50.6 Å². The van der Waals surface area contributed by atoms with Crippen LogP contribution >= 0.6 is 11.8 Å². The van der Waals surface area contributed by atoms with Crippen molar-refractivity contribution in [2.24, 2.45) is 4.99 Å². The van der Waals surface area contributed by atoms with Crippen LogP contribution in [0, 0.1) is 0 Å². The normalized spacial score (nSPS) is 26.8. The van der Waals surface area contributed by atoms with Crippen LogP contribution in [0.4, 0.5) is 5.69 Å². The first-order valence-electron chi connectivity index (χ1n) is 9.55. The summed E-state index contributed by atoms with van der Waals surface area (Å²) in [5.41, 5.74) is 0.250. The fraction of sp³-hybridized carbons (Fsp3) is 0.500. The highest BCUT2D eigenvalue weighted by Gasteiger charge is 2.53. The standard InChI is InChI=1S/C20H24N2O8S/c1-10(23)27-9-15-17(28-11(2)24)18(29-12(3)25)16-19(30-15)31-20(22-16)21-13-5-7-14(26-4)8-6-13/h5-8,15-19H,9H2,1-4H3,(H,21,22)/t15-,16-,17-,18-,19-/m1/s1. The number of fused-ring (bicyclic) bond motifs is 1. The van der Waals surface area contributed by atoms with E-state index in [0.717, 1.165) is 11.4 Å². The van der Waals surface area contributed by atoms with Crippen LogP contribution in [-0.2, 0) is 33.3 Å². The Morgan fingerprint density at radius 2 is 1.68 bits per heavy atom. The van der Waals surface area contributed by atoms with E-state index in [9.17, 15) is 14.4 Å². The molecule has 168 valence electrons. The first-order valence-corrected chi connectivity index (χ1v) is 10.4. The molecular weight excluding hydrogens is 428 g/mol. The van der Waals surface area contributed by atoms with Crippen LogP contribution in [0.2, 0.25) is 0 Å². The highest BCUT2D eigenvalue weighted by atomic mass is 32.2. The van der Waals surface area contributed by atoms with Crippen molar-refractivity contribution in [3.63, 3.8) is 0 Å². The van der Waals surface area contributed by atoms with Gasteiger partial charge in [-0.25, -0.2) is 0 Å². The first-order chi connectivity index (χ1) is 14.8. The molecule has 1 fully saturated rings. The quantitative estimate of drug-likeness (QED) is 0.504. The van der Waals surface area contributed by atoms with Gasteiger partial charge >= 0.3 is 17.9 Å². The molecule has 2 aliphatic rings. The summed E-state index contributed by atoms with van der Waals surface area (Å²) in [6.45, 7) is 3.61. The van der Waals surface area contributed by atoms with Crippen molar-refractivity contribution in [1.29, 1.82) is 0 Å². The second-order valence-electron chi connectivity index (χ2n) is 6.89. The highest BCUT2D eigenvalue weighted by Crippen LogP contribution is 2.39. The Kier molecular flexibility index (Phi) is 7.39. The molecule has 0 amide bonds. The highest BCUT2D eigenvalue weighted by molar-refractivity contribution is 8.14. The Labute approximate surface area is 183 Å². The Morgan fingerprint density at radius 3 is 2.26 bits per heavy atom. The molecule has 11 heteroatoms. The minimum absolute atomic E-state index is 0.157. The van der Waals surface area contributed by atoms with E-state index in [2.05, 4.69) is 10.3 Å². The number of thioether (sulfide) groups is 1. The van der Waals surface area contributed by atoms with E-state index in [0.29, 0.717) is 5.17 Å². The molecule has 0 bridgehead atoms. The van der Waals surface area contributed by atoms with Crippen molar-refractivity contribution in [3.8, 4) is 5.75 Å². The van der Waals surface area contributed by atoms with E-state index >= 15 is 0 Å². The van der Waals surface area contributed by atoms with Crippen molar-refractivity contribution in [1.82, 2.24) is 0 Å². The molecule has 1 aromatic rings. The SMILES string of the molecule is COc1ccc(NC2=N[C@@H]3[C@@H](OC(C)=O)[C@H](OC(C)=O)[C@@H](COC(C)=O)O[C@@H]3S2)cc1. The summed E-state index contributed by atoms with van der Waals surface area (Å²) in [5.74, 6) is -0.918. The van der Waals surface area contributed by atoms with Crippen LogP contribution < -0.4 is 10.1 Å². The molecule has 2 aliphatic heterocycles. The number of aliphatic imine (C=N–C) groups is 1. The number of hydrogen-bond acceptors (Lipinski definition) is 11. The predicted molar refractivity (Wildman–Crippen MR) is 112 cm³/mol. The van der Waals surface area contributed by atoms with Gasteiger partial charge in [-0.05, 0) is 24.3 Å². The number of carbonyl (C=O) groups excluding carboxylic acids is 3. The summed E-state index contributed by atoms with van der Waals surface area (Å²) >= 11 is 1.30. The maximum atomic E-state index is 11.8. The average molecular weight is 452 g/mol. The predicted octanol–water partition coefficient (Wildman–Crippen LogP) is 1.73. The molecule has 3 rings (SSSR count). The number of esters is 3. The summed E-state index contributed by atoms with van der Waals surface area (Å²) in [6, 6.07) is 6.66. The Hall–Kier alpha value is -2.79. The molecule has 0 aromatic heterocycles. The van der Waals surface area contributed by atoms with E-state index in [-0.39, 0.29) is 6.61 Å². The molecule has 1 aromatic carbocycles. The minimum atomic E-state index is -0.980. The molecule has 10 nitrogen and oxygen atoms in total. The molecule has 0 saturated carbocycles. The van der Waals surface area contributed by atoms with Gasteiger partial charge in [-0.2, -0.15) is 0 Å². The van der Waals surface area contributed by atoms with Crippen LogP contribution in [0.1, 0.15) is 20.8 Å². The number of ether oxygens (including phenoxy) is 5. The van der Waals surface area contributed by atoms with Crippen molar-refractivity contribution in [2.75, 3.05) is 19.0 Å². The summed E-state index contributed by atoms with van der Waals surface area (Å²) in [7, 11) is 1.59. The van der Waals surface area contributed by atoms with Gasteiger partial charge in [0.2, 0.25) is 0 Å². The Balaban J connectivity index is 1.82. The lowest BCUT2D eigenvalue weighted by Crippen LogP contribution is -2.59. The third-order valence-electron chi connectivity index (χ3n) is 4.50. The van der Waals surface area contributed by atoms with Crippen LogP contribution in [0.3, 0.4) is 0 Å². The molecule has 31 heavy (non-hydrogen) atoms. The lowest BCUT2D eigenvalue weighted by molar-refractivity contribution is -0.208. The fourth-order valence-corrected chi connectivity index (χ4v) is 4.39. The number of nitrogens with zero attached hydrogens (tertiary/aromatic N) is 1. The largest absolute Gasteiger partial charge is 0.497 e. The molecule has 0 aliphatic carbocycles. The maximum absolute atomic E-state index is 11.8. The van der Waals surface area contributed by atoms with Gasteiger partial charge in [0, 0.05) is 26.5 Å². The smallest absolute Gasteiger partial charge is 0.303 e. The van der Waals surface area contributed by atoms with Gasteiger partial charge in [0.1, 0.15) is 29.9 Å². The number of benzene rings is 1. The number of anilines is 1. The zero-order chi connectivity index (χ0) is 22.5. The second kappa shape index (κ2) is 10.0. The van der Waals surface area contributed by atoms with Crippen molar-refractivity contribution in [3.05, 3.63) is 24.3 Å². The molecule has 2 heterocycles. The molecule has 0 unspecified atom stereocenters. The molecule has 0 spiro atoms. The molecule has 0 radical (unpaired) electrons. The van der Waals surface area contributed by atoms with Crippen LogP contribution in [0.25, 0.3) is 0 Å². The third-order valence-corrected chi connectivity index (χ3v) is 5.56. The van der Waals surface area contributed by atoms with Gasteiger partial charge in [0.15, 0.2) is 17.4 Å². The number of amidine groups is 1. The van der Waals surface area contributed by atoms with E-state index in [4.69, 9.17) is 23.7 Å². The second-order valence-corrected chi connectivity index (χ2v) is 7.98. The Morgan fingerprint density at radius 1 is 1.03 bits per heavy atom. The van der Waals surface area contributed by atoms with E-state index in [1.165, 1.54) is 32.5 Å². The number of hydrogen-bond donors (Lipinski definition) is 1. The van der Waals surface area contributed by atoms with Gasteiger partial charge in [0.25, 0.3) is 0 Å². The van der Waals surface area contributed by atoms with Crippen LogP contribution in [-0.4, -0.2) is 66.6 Å². The number of rotatable bonds is 6. The van der Waals surface area contributed by atoms with Crippen LogP contribution in [0.15, 0.2) is 29.3 Å². The Bertz CT molecular complexity index is 859. The van der Waals surface area contributed by atoms with E-state index < -0.39 is 47.7 Å². The topological polar surface area (TPSA) is 122 Å². The fourth-order valence-electron chi connectivity index (χ4n) is 3.25. The lowest BCUT2D eigenvalue weighted by atomic mass is 9.98. The summed E-state index contributed by atoms with van der Waals surface area (Å²) in [6.07, 6.45) is -2.70. The number of nitrogens with one attached hydrogen (secondary N) is 1. The number of carbonyl (C=O) groups is 3. The third kappa shape index (κ3) is 5.88. The van der Waals surface area contributed by atoms with Gasteiger partial charge in [-0.3, -0.25) is 19.4 Å². The average Bonchev–Trinajstić information content (AvgIpc) is 3.10. The summed E-state index contributed by atoms with van der Waals surface area (Å²) in [4.78, 5) is 39.3. The first kappa shape index (κ1) is 22.9. The van der Waals surface area contributed by atoms with E-state index in [1.54, 1.807) is 19.2 Å². The lowest BCUT2D eigenvalue weighted by Gasteiger charge is -2.41. The summed E-state index contributed by atoms with van der Waals surface area (Å²) in [5, 5.41) is 3.74. The van der Waals surface area contributed by atoms with Gasteiger partial charge in [-0.1, -0.05) is 11.8 Å². The molecular formula is C20H24N2O8S. The van der Waals surface area contributed by atoms with Gasteiger partial charge in [0.05, 0.1) is 7.11 Å². The van der Waals surface area contributed by atoms with Gasteiger partial charge < -0.3 is 29.0 Å². The summed E-state index contributed by atoms with van der Waals surface area (Å²) < 4.78 is 27.1. The van der Waals surface area contributed by atoms with Gasteiger partial charge in [-0.15, -0.1) is 0 Å². The minimum Gasteiger partial charge on any atom is -0.497 e. The zero-order valence-corrected chi connectivity index (χ0v) is 18.3. The molecule has 1 N–H and O–H groups in total. The molecule has 1 saturated heterocycles. The van der Waals surface area contributed by atoms with Crippen molar-refractivity contribution >= 4 is 40.5 Å². The van der Waals surface area contributed by atoms with Crippen LogP contribution in [0.5, 0.6) is 5.75 Å². The van der Waals surface area contributed by atoms with Crippen molar-refractivity contribution < 1.29 is 38.1 Å². The monoisotopic (exact) mass is 452 g/mol. The zero-order valence-electron chi connectivity index (χ0n) is 17.5.